The molecule has 0 aliphatic carbocycles. The van der Waals surface area contributed by atoms with Crippen molar-refractivity contribution in [1.82, 2.24) is 9.80 Å². The Balaban J connectivity index is 1.71. The lowest BCUT2D eigenvalue weighted by Crippen LogP contribution is -2.50. The van der Waals surface area contributed by atoms with E-state index in [0.29, 0.717) is 23.8 Å². The fraction of sp³-hybridized carbons (Fsp3) is 0.562. The largest absolute Gasteiger partial charge is 0.397 e. The average molecular weight is 290 g/mol. The minimum atomic E-state index is 0.0367. The number of anilines is 2. The van der Waals surface area contributed by atoms with Crippen LogP contribution in [0.15, 0.2) is 24.3 Å². The van der Waals surface area contributed by atoms with Crippen molar-refractivity contribution in [2.75, 3.05) is 44.3 Å². The normalized spacial score (nSPS) is 20.4. The highest BCUT2D eigenvalue weighted by Gasteiger charge is 2.20. The van der Waals surface area contributed by atoms with Crippen LogP contribution in [0.1, 0.15) is 19.8 Å². The molecule has 1 fully saturated rings. The van der Waals surface area contributed by atoms with Gasteiger partial charge in [-0.15, -0.1) is 0 Å². The zero-order valence-electron chi connectivity index (χ0n) is 13.0. The molecule has 3 N–H and O–H groups in total. The van der Waals surface area contributed by atoms with Gasteiger partial charge in [0.05, 0.1) is 11.4 Å². The van der Waals surface area contributed by atoms with E-state index in [2.05, 4.69) is 29.1 Å². The SMILES string of the molecule is CC1CN(C)CCN1CCCC(=O)Nc1ccccc1N. The first-order valence-corrected chi connectivity index (χ1v) is 7.63. The maximum Gasteiger partial charge on any atom is 0.224 e. The number of hydrogen-bond acceptors (Lipinski definition) is 4. The van der Waals surface area contributed by atoms with Crippen molar-refractivity contribution in [2.45, 2.75) is 25.8 Å². The van der Waals surface area contributed by atoms with E-state index in [1.165, 1.54) is 0 Å². The summed E-state index contributed by atoms with van der Waals surface area (Å²) in [5.41, 5.74) is 7.13. The summed E-state index contributed by atoms with van der Waals surface area (Å²) in [4.78, 5) is 16.8. The third-order valence-corrected chi connectivity index (χ3v) is 4.05. The Morgan fingerprint density at radius 1 is 1.38 bits per heavy atom. The quantitative estimate of drug-likeness (QED) is 0.809. The molecule has 0 bridgehead atoms. The summed E-state index contributed by atoms with van der Waals surface area (Å²) in [6.07, 6.45) is 1.42. The summed E-state index contributed by atoms with van der Waals surface area (Å²) in [6, 6.07) is 7.92. The van der Waals surface area contributed by atoms with Gasteiger partial charge in [0.25, 0.3) is 0 Å². The van der Waals surface area contributed by atoms with Crippen LogP contribution in [-0.2, 0) is 4.79 Å². The monoisotopic (exact) mass is 290 g/mol. The molecule has 0 aromatic heterocycles. The van der Waals surface area contributed by atoms with Gasteiger partial charge in [-0.05, 0) is 39.1 Å². The fourth-order valence-electron chi connectivity index (χ4n) is 2.78. The van der Waals surface area contributed by atoms with Crippen molar-refractivity contribution in [3.63, 3.8) is 0 Å². The number of piperazine rings is 1. The second kappa shape index (κ2) is 7.43. The molecule has 2 rings (SSSR count). The highest BCUT2D eigenvalue weighted by Crippen LogP contribution is 2.17. The van der Waals surface area contributed by atoms with Crippen LogP contribution in [0.3, 0.4) is 0 Å². The molecule has 1 aliphatic heterocycles. The number of likely N-dealkylation sites (N-methyl/N-ethyl adjacent to an activating group) is 1. The van der Waals surface area contributed by atoms with Crippen molar-refractivity contribution in [3.8, 4) is 0 Å². The van der Waals surface area contributed by atoms with Gasteiger partial charge in [0.1, 0.15) is 0 Å². The molecule has 1 aromatic carbocycles. The first kappa shape index (κ1) is 15.8. The fourth-order valence-corrected chi connectivity index (χ4v) is 2.78. The smallest absolute Gasteiger partial charge is 0.224 e. The Kier molecular flexibility index (Phi) is 5.59. The third-order valence-electron chi connectivity index (χ3n) is 4.05. The zero-order valence-corrected chi connectivity index (χ0v) is 13.0. The molecular weight excluding hydrogens is 264 g/mol. The molecule has 1 aliphatic rings. The summed E-state index contributed by atoms with van der Waals surface area (Å²) in [7, 11) is 2.16. The number of nitrogens with two attached hydrogens (primary N) is 1. The van der Waals surface area contributed by atoms with E-state index in [4.69, 9.17) is 5.73 Å². The maximum absolute atomic E-state index is 11.9. The summed E-state index contributed by atoms with van der Waals surface area (Å²) >= 11 is 0. The number of benzene rings is 1. The van der Waals surface area contributed by atoms with Crippen molar-refractivity contribution in [1.29, 1.82) is 0 Å². The lowest BCUT2D eigenvalue weighted by molar-refractivity contribution is -0.116. The molecule has 21 heavy (non-hydrogen) atoms. The van der Waals surface area contributed by atoms with E-state index in [1.54, 1.807) is 6.07 Å². The Labute approximate surface area is 127 Å². The predicted octanol–water partition coefficient (Wildman–Crippen LogP) is 1.62. The van der Waals surface area contributed by atoms with Crippen LogP contribution >= 0.6 is 0 Å². The van der Waals surface area contributed by atoms with Crippen LogP contribution in [-0.4, -0.2) is 55.0 Å². The van der Waals surface area contributed by atoms with E-state index in [1.807, 2.05) is 18.2 Å². The molecule has 0 saturated carbocycles. The molecule has 116 valence electrons. The van der Waals surface area contributed by atoms with Crippen molar-refractivity contribution in [2.24, 2.45) is 0 Å². The van der Waals surface area contributed by atoms with Crippen LogP contribution in [0.2, 0.25) is 0 Å². The van der Waals surface area contributed by atoms with E-state index < -0.39 is 0 Å². The number of carbonyl (C=O) groups excluding carboxylic acids is 1. The van der Waals surface area contributed by atoms with Gasteiger partial charge in [-0.3, -0.25) is 9.69 Å². The summed E-state index contributed by atoms with van der Waals surface area (Å²) < 4.78 is 0. The summed E-state index contributed by atoms with van der Waals surface area (Å²) in [5.74, 6) is 0.0367. The standard InChI is InChI=1S/C16H26N4O/c1-13-12-19(2)10-11-20(13)9-5-8-16(21)18-15-7-4-3-6-14(15)17/h3-4,6-7,13H,5,8-12,17H2,1-2H3,(H,18,21). The van der Waals surface area contributed by atoms with E-state index in [9.17, 15) is 4.79 Å². The van der Waals surface area contributed by atoms with Crippen LogP contribution in [0, 0.1) is 0 Å². The molecule has 0 radical (unpaired) electrons. The van der Waals surface area contributed by atoms with E-state index >= 15 is 0 Å². The number of nitrogens with zero attached hydrogens (tertiary/aromatic N) is 2. The van der Waals surface area contributed by atoms with Gasteiger partial charge in [0.15, 0.2) is 0 Å². The van der Waals surface area contributed by atoms with Gasteiger partial charge >= 0.3 is 0 Å². The lowest BCUT2D eigenvalue weighted by atomic mass is 10.1. The molecule has 5 nitrogen and oxygen atoms in total. The van der Waals surface area contributed by atoms with Crippen LogP contribution in [0.25, 0.3) is 0 Å². The van der Waals surface area contributed by atoms with Crippen molar-refractivity contribution < 1.29 is 4.79 Å². The van der Waals surface area contributed by atoms with Crippen molar-refractivity contribution in [3.05, 3.63) is 24.3 Å². The molecule has 5 heteroatoms. The van der Waals surface area contributed by atoms with Crippen LogP contribution in [0.4, 0.5) is 11.4 Å². The predicted molar refractivity (Wildman–Crippen MR) is 87.3 cm³/mol. The van der Waals surface area contributed by atoms with Gasteiger partial charge in [-0.1, -0.05) is 12.1 Å². The third kappa shape index (κ3) is 4.72. The first-order chi connectivity index (χ1) is 10.1. The minimum Gasteiger partial charge on any atom is -0.397 e. The highest BCUT2D eigenvalue weighted by molar-refractivity contribution is 5.93. The molecule has 1 atom stereocenters. The van der Waals surface area contributed by atoms with E-state index in [-0.39, 0.29) is 5.91 Å². The number of rotatable bonds is 5. The van der Waals surface area contributed by atoms with Crippen LogP contribution in [0.5, 0.6) is 0 Å². The number of carbonyl (C=O) groups is 1. The minimum absolute atomic E-state index is 0.0367. The van der Waals surface area contributed by atoms with Crippen molar-refractivity contribution >= 4 is 17.3 Å². The summed E-state index contributed by atoms with van der Waals surface area (Å²) in [6.45, 7) is 6.53. The Bertz CT molecular complexity index is 477. The molecule has 1 aromatic rings. The number of nitrogen functional groups attached to an aromatic ring is 1. The molecule has 0 spiro atoms. The van der Waals surface area contributed by atoms with Gasteiger partial charge in [-0.2, -0.15) is 0 Å². The van der Waals surface area contributed by atoms with E-state index in [0.717, 1.165) is 32.6 Å². The topological polar surface area (TPSA) is 61.6 Å². The van der Waals surface area contributed by atoms with Gasteiger partial charge in [0.2, 0.25) is 5.91 Å². The highest BCUT2D eigenvalue weighted by atomic mass is 16.1. The lowest BCUT2D eigenvalue weighted by Gasteiger charge is -2.38. The second-order valence-corrected chi connectivity index (χ2v) is 5.89. The molecule has 1 unspecified atom stereocenters. The molecule has 1 amide bonds. The number of para-hydroxylation sites is 2. The maximum atomic E-state index is 11.9. The zero-order chi connectivity index (χ0) is 15.2. The molecule has 1 heterocycles. The van der Waals surface area contributed by atoms with Crippen LogP contribution < -0.4 is 11.1 Å². The number of hydrogen-bond donors (Lipinski definition) is 2. The Hall–Kier alpha value is -1.59. The van der Waals surface area contributed by atoms with Gasteiger partial charge < -0.3 is 16.0 Å². The Morgan fingerprint density at radius 2 is 2.14 bits per heavy atom. The first-order valence-electron chi connectivity index (χ1n) is 7.63. The summed E-state index contributed by atoms with van der Waals surface area (Å²) in [5, 5.41) is 2.88. The second-order valence-electron chi connectivity index (χ2n) is 5.89. The number of amides is 1. The number of nitrogens with one attached hydrogen (secondary N) is 1. The molecule has 1 saturated heterocycles. The van der Waals surface area contributed by atoms with Gasteiger partial charge in [0, 0.05) is 32.1 Å². The Morgan fingerprint density at radius 3 is 2.86 bits per heavy atom. The van der Waals surface area contributed by atoms with Gasteiger partial charge in [-0.25, -0.2) is 0 Å². The average Bonchev–Trinajstić information content (AvgIpc) is 2.44. The molecular formula is C16H26N4O.